The van der Waals surface area contributed by atoms with Crippen LogP contribution >= 0.6 is 0 Å². The molecule has 2 aliphatic rings. The monoisotopic (exact) mass is 478 g/mol. The molecular weight excluding hydrogens is 444 g/mol. The molecule has 0 unspecified atom stereocenters. The first kappa shape index (κ1) is 25.2. The van der Waals surface area contributed by atoms with Crippen molar-refractivity contribution in [3.63, 3.8) is 0 Å². The molecule has 2 aromatic carbocycles. The highest BCUT2D eigenvalue weighted by Gasteiger charge is 2.49. The molecule has 2 fully saturated rings. The van der Waals surface area contributed by atoms with E-state index in [4.69, 9.17) is 23.7 Å². The van der Waals surface area contributed by atoms with Gasteiger partial charge in [0.25, 0.3) is 0 Å². The van der Waals surface area contributed by atoms with E-state index in [-0.39, 0.29) is 18.3 Å². The van der Waals surface area contributed by atoms with E-state index >= 15 is 0 Å². The van der Waals surface area contributed by atoms with Crippen LogP contribution < -0.4 is 4.74 Å². The molecule has 0 aromatic heterocycles. The summed E-state index contributed by atoms with van der Waals surface area (Å²) in [7, 11) is 0. The van der Waals surface area contributed by atoms with Gasteiger partial charge in [0.1, 0.15) is 24.1 Å². The van der Waals surface area contributed by atoms with Crippen LogP contribution in [0.15, 0.2) is 60.7 Å². The number of unbranched alkanes of at least 4 members (excludes halogenated alkanes) is 1. The number of carbonyl (C=O) groups excluding carboxylic acids is 1. The lowest BCUT2D eigenvalue weighted by Crippen LogP contribution is -2.34. The Kier molecular flexibility index (Phi) is 9.12. The fourth-order valence-electron chi connectivity index (χ4n) is 4.08. The number of esters is 1. The van der Waals surface area contributed by atoms with E-state index < -0.39 is 12.1 Å². The van der Waals surface area contributed by atoms with Crippen LogP contribution in [-0.2, 0) is 23.7 Å². The van der Waals surface area contributed by atoms with Gasteiger partial charge in [-0.05, 0) is 42.7 Å². The fraction of sp³-hybridized carbons (Fsp3) is 0.414. The zero-order valence-corrected chi connectivity index (χ0v) is 20.4. The summed E-state index contributed by atoms with van der Waals surface area (Å²) in [5.41, 5.74) is 3.27. The number of fused-ring (bicyclic) bond motifs is 1. The topological polar surface area (TPSA) is 63.2 Å². The van der Waals surface area contributed by atoms with Crippen molar-refractivity contribution in [3.8, 4) is 5.75 Å². The van der Waals surface area contributed by atoms with Gasteiger partial charge in [-0.2, -0.15) is 0 Å². The zero-order valence-electron chi connectivity index (χ0n) is 20.4. The van der Waals surface area contributed by atoms with Gasteiger partial charge in [0.2, 0.25) is 0 Å². The van der Waals surface area contributed by atoms with Crippen LogP contribution in [0.3, 0.4) is 0 Å². The summed E-state index contributed by atoms with van der Waals surface area (Å²) in [5.74, 6) is 0.407. The second-order valence-electron chi connectivity index (χ2n) is 8.86. The highest BCUT2D eigenvalue weighted by molar-refractivity contribution is 5.87. The molecule has 0 saturated carbocycles. The van der Waals surface area contributed by atoms with Crippen LogP contribution in [0.4, 0.5) is 0 Å². The molecule has 0 bridgehead atoms. The molecule has 0 aliphatic carbocycles. The molecule has 4 rings (SSSR count). The summed E-state index contributed by atoms with van der Waals surface area (Å²) >= 11 is 0. The number of rotatable bonds is 11. The molecule has 0 radical (unpaired) electrons. The number of aryl methyl sites for hydroxylation is 1. The fourth-order valence-corrected chi connectivity index (χ4v) is 4.08. The largest absolute Gasteiger partial charge is 0.494 e. The Hall–Kier alpha value is -2.93. The molecule has 0 spiro atoms. The second-order valence-corrected chi connectivity index (χ2v) is 8.86. The first-order chi connectivity index (χ1) is 17.1. The second kappa shape index (κ2) is 12.7. The van der Waals surface area contributed by atoms with E-state index in [1.807, 2.05) is 36.4 Å². The number of benzene rings is 2. The predicted molar refractivity (Wildman–Crippen MR) is 135 cm³/mol. The molecule has 2 aromatic rings. The van der Waals surface area contributed by atoms with Crippen molar-refractivity contribution in [2.24, 2.45) is 0 Å². The molecule has 2 saturated heterocycles. The van der Waals surface area contributed by atoms with E-state index in [1.165, 1.54) is 11.6 Å². The summed E-state index contributed by atoms with van der Waals surface area (Å²) in [6.07, 6.45) is 8.15. The third kappa shape index (κ3) is 7.28. The van der Waals surface area contributed by atoms with E-state index in [1.54, 1.807) is 6.08 Å². The minimum atomic E-state index is -0.441. The molecule has 2 heterocycles. The number of hydrogen-bond acceptors (Lipinski definition) is 6. The van der Waals surface area contributed by atoms with Gasteiger partial charge in [0.15, 0.2) is 6.10 Å². The van der Waals surface area contributed by atoms with Crippen molar-refractivity contribution in [2.45, 2.75) is 51.1 Å². The first-order valence-electron chi connectivity index (χ1n) is 12.3. The summed E-state index contributed by atoms with van der Waals surface area (Å²) in [6, 6.07) is 15.9. The van der Waals surface area contributed by atoms with Gasteiger partial charge in [-0.3, -0.25) is 0 Å². The highest BCUT2D eigenvalue weighted by Crippen LogP contribution is 2.30. The molecular formula is C29H34O6. The Morgan fingerprint density at radius 3 is 2.34 bits per heavy atom. The summed E-state index contributed by atoms with van der Waals surface area (Å²) < 4.78 is 28.9. The van der Waals surface area contributed by atoms with Crippen LogP contribution in [0.5, 0.6) is 5.75 Å². The van der Waals surface area contributed by atoms with Gasteiger partial charge >= 0.3 is 5.97 Å². The first-order valence-corrected chi connectivity index (χ1v) is 12.3. The van der Waals surface area contributed by atoms with E-state index in [9.17, 15) is 4.79 Å². The van der Waals surface area contributed by atoms with Crippen molar-refractivity contribution < 1.29 is 28.5 Å². The number of ether oxygens (including phenoxy) is 5. The SMILES string of the molecule is CCCCOc1ccc(/C=C/C(=O)O[C@@H]2CO[C@H]3[C@@H]2OC[C@H]3OC/C=C/c2ccc(C)cc2)cc1. The molecule has 0 N–H and O–H groups in total. The standard InChI is InChI=1S/C29H34O6/c1-3-4-17-31-24-14-11-23(12-15-24)13-16-27(30)35-26-20-34-28-25(19-33-29(26)28)32-18-5-6-22-9-7-21(2)8-10-22/h5-16,25-26,28-29H,3-4,17-20H2,1-2H3/b6-5+,16-13+/t25-,26-,28-,29-/m1/s1. The van der Waals surface area contributed by atoms with E-state index in [0.29, 0.717) is 26.4 Å². The third-order valence-corrected chi connectivity index (χ3v) is 6.08. The van der Waals surface area contributed by atoms with Gasteiger partial charge in [-0.25, -0.2) is 4.79 Å². The van der Waals surface area contributed by atoms with E-state index in [2.05, 4.69) is 38.1 Å². The number of hydrogen-bond donors (Lipinski definition) is 0. The van der Waals surface area contributed by atoms with Crippen LogP contribution in [-0.4, -0.2) is 56.8 Å². The Balaban J connectivity index is 1.20. The molecule has 6 heteroatoms. The maximum absolute atomic E-state index is 12.4. The lowest BCUT2D eigenvalue weighted by molar-refractivity contribution is -0.147. The lowest BCUT2D eigenvalue weighted by Gasteiger charge is -2.16. The van der Waals surface area contributed by atoms with Crippen molar-refractivity contribution in [3.05, 3.63) is 77.4 Å². The quantitative estimate of drug-likeness (QED) is 0.257. The molecule has 0 amide bonds. The molecule has 6 nitrogen and oxygen atoms in total. The number of carbonyl (C=O) groups is 1. The Labute approximate surface area is 207 Å². The molecule has 35 heavy (non-hydrogen) atoms. The van der Waals surface area contributed by atoms with Crippen LogP contribution in [0.25, 0.3) is 12.2 Å². The molecule has 4 atom stereocenters. The smallest absolute Gasteiger partial charge is 0.331 e. The van der Waals surface area contributed by atoms with Crippen LogP contribution in [0.1, 0.15) is 36.5 Å². The maximum atomic E-state index is 12.4. The predicted octanol–water partition coefficient (Wildman–Crippen LogP) is 5.00. The summed E-state index contributed by atoms with van der Waals surface area (Å²) in [4.78, 5) is 12.4. The average molecular weight is 479 g/mol. The van der Waals surface area contributed by atoms with Crippen molar-refractivity contribution in [1.82, 2.24) is 0 Å². The average Bonchev–Trinajstić information content (AvgIpc) is 3.46. The molecule has 186 valence electrons. The maximum Gasteiger partial charge on any atom is 0.331 e. The van der Waals surface area contributed by atoms with Gasteiger partial charge < -0.3 is 23.7 Å². The minimum Gasteiger partial charge on any atom is -0.494 e. The minimum absolute atomic E-state index is 0.181. The van der Waals surface area contributed by atoms with Crippen LogP contribution in [0.2, 0.25) is 0 Å². The van der Waals surface area contributed by atoms with E-state index in [0.717, 1.165) is 29.7 Å². The summed E-state index contributed by atoms with van der Waals surface area (Å²) in [5, 5.41) is 0. The zero-order chi connectivity index (χ0) is 24.5. The Morgan fingerprint density at radius 1 is 0.943 bits per heavy atom. The van der Waals surface area contributed by atoms with Crippen molar-refractivity contribution in [2.75, 3.05) is 26.4 Å². The Morgan fingerprint density at radius 2 is 1.60 bits per heavy atom. The van der Waals surface area contributed by atoms with Gasteiger partial charge in [0.05, 0.1) is 26.4 Å². The highest BCUT2D eigenvalue weighted by atomic mass is 16.7. The van der Waals surface area contributed by atoms with Crippen molar-refractivity contribution >= 4 is 18.1 Å². The van der Waals surface area contributed by atoms with Crippen LogP contribution in [0, 0.1) is 6.92 Å². The van der Waals surface area contributed by atoms with Gasteiger partial charge in [0, 0.05) is 6.08 Å². The lowest BCUT2D eigenvalue weighted by atomic mass is 10.1. The summed E-state index contributed by atoms with van der Waals surface area (Å²) in [6.45, 7) is 6.10. The van der Waals surface area contributed by atoms with Gasteiger partial charge in [-0.1, -0.05) is 67.5 Å². The van der Waals surface area contributed by atoms with Gasteiger partial charge in [-0.15, -0.1) is 0 Å². The normalized spacial score (nSPS) is 23.7. The van der Waals surface area contributed by atoms with Crippen molar-refractivity contribution in [1.29, 1.82) is 0 Å². The Bertz CT molecular complexity index is 995. The molecule has 2 aliphatic heterocycles. The third-order valence-electron chi connectivity index (χ3n) is 6.08.